The fraction of sp³-hybridized carbons (Fsp3) is 0.421. The van der Waals surface area contributed by atoms with E-state index in [1.807, 2.05) is 12.1 Å². The van der Waals surface area contributed by atoms with Gasteiger partial charge in [-0.05, 0) is 36.5 Å². The van der Waals surface area contributed by atoms with Crippen LogP contribution in [0.5, 0.6) is 0 Å². The number of benzene rings is 1. The largest absolute Gasteiger partial charge is 0.478 e. The maximum Gasteiger partial charge on any atom is 0.335 e. The summed E-state index contributed by atoms with van der Waals surface area (Å²) in [5, 5.41) is 9.76. The van der Waals surface area contributed by atoms with Crippen LogP contribution in [0.15, 0.2) is 35.5 Å². The molecule has 0 aliphatic carbocycles. The van der Waals surface area contributed by atoms with Gasteiger partial charge in [0.15, 0.2) is 5.16 Å². The average molecular weight is 357 g/mol. The van der Waals surface area contributed by atoms with Crippen molar-refractivity contribution in [1.82, 2.24) is 9.97 Å². The molecule has 3 rings (SSSR count). The minimum absolute atomic E-state index is 0.308. The Labute approximate surface area is 152 Å². The average Bonchev–Trinajstić information content (AvgIpc) is 3.14. The maximum absolute atomic E-state index is 10.9. The predicted octanol–water partition coefficient (Wildman–Crippen LogP) is 4.19. The van der Waals surface area contributed by atoms with Gasteiger partial charge in [0.2, 0.25) is 0 Å². The first kappa shape index (κ1) is 17.7. The third-order valence-electron chi connectivity index (χ3n) is 4.30. The van der Waals surface area contributed by atoms with Crippen LogP contribution in [0.25, 0.3) is 0 Å². The number of hydrogen-bond acceptors (Lipinski definition) is 5. The molecule has 1 fully saturated rings. The lowest BCUT2D eigenvalue weighted by molar-refractivity contribution is 0.0697. The van der Waals surface area contributed by atoms with E-state index in [1.165, 1.54) is 12.8 Å². The van der Waals surface area contributed by atoms with Crippen molar-refractivity contribution in [2.24, 2.45) is 0 Å². The molecular weight excluding hydrogens is 334 g/mol. The first-order valence-electron chi connectivity index (χ1n) is 8.62. The second-order valence-electron chi connectivity index (χ2n) is 6.57. The molecule has 132 valence electrons. The highest BCUT2D eigenvalue weighted by molar-refractivity contribution is 7.98. The maximum atomic E-state index is 10.9. The molecule has 2 aromatic rings. The number of hydrogen-bond donors (Lipinski definition) is 1. The third kappa shape index (κ3) is 4.51. The van der Waals surface area contributed by atoms with Crippen molar-refractivity contribution >= 4 is 23.5 Å². The molecule has 0 spiro atoms. The van der Waals surface area contributed by atoms with Gasteiger partial charge in [0.25, 0.3) is 0 Å². The highest BCUT2D eigenvalue weighted by atomic mass is 32.2. The lowest BCUT2D eigenvalue weighted by Crippen LogP contribution is -2.20. The molecule has 1 aliphatic rings. The molecule has 1 N–H and O–H groups in total. The molecule has 2 heterocycles. The SMILES string of the molecule is CC(C)c1cc(N2CCCC2)nc(SCc2ccc(C(=O)O)cc2)n1. The lowest BCUT2D eigenvalue weighted by Gasteiger charge is -2.18. The Bertz CT molecular complexity index is 741. The molecule has 0 atom stereocenters. The predicted molar refractivity (Wildman–Crippen MR) is 101 cm³/mol. The van der Waals surface area contributed by atoms with E-state index < -0.39 is 5.97 Å². The van der Waals surface area contributed by atoms with Gasteiger partial charge in [0.05, 0.1) is 5.56 Å². The van der Waals surface area contributed by atoms with Crippen LogP contribution < -0.4 is 4.90 Å². The van der Waals surface area contributed by atoms with Gasteiger partial charge in [-0.15, -0.1) is 0 Å². The number of nitrogens with zero attached hydrogens (tertiary/aromatic N) is 3. The summed E-state index contributed by atoms with van der Waals surface area (Å²) in [7, 11) is 0. The van der Waals surface area contributed by atoms with Gasteiger partial charge in [0, 0.05) is 30.6 Å². The van der Waals surface area contributed by atoms with Gasteiger partial charge >= 0.3 is 5.97 Å². The van der Waals surface area contributed by atoms with Crippen molar-refractivity contribution in [3.8, 4) is 0 Å². The molecule has 1 aromatic carbocycles. The molecule has 1 aliphatic heterocycles. The van der Waals surface area contributed by atoms with Crippen molar-refractivity contribution in [1.29, 1.82) is 0 Å². The van der Waals surface area contributed by atoms with Crippen molar-refractivity contribution in [2.75, 3.05) is 18.0 Å². The summed E-state index contributed by atoms with van der Waals surface area (Å²) in [6.45, 7) is 6.43. The second-order valence-corrected chi connectivity index (χ2v) is 7.52. The Kier molecular flexibility index (Phi) is 5.58. The molecule has 5 nitrogen and oxygen atoms in total. The zero-order chi connectivity index (χ0) is 17.8. The first-order chi connectivity index (χ1) is 12.0. The number of carboxylic acid groups (broad SMARTS) is 1. The van der Waals surface area contributed by atoms with Gasteiger partial charge in [0.1, 0.15) is 5.82 Å². The van der Waals surface area contributed by atoms with Crippen LogP contribution in [-0.2, 0) is 5.75 Å². The number of thioether (sulfide) groups is 1. The lowest BCUT2D eigenvalue weighted by atomic mass is 10.1. The molecular formula is C19H23N3O2S. The number of carbonyl (C=O) groups is 1. The quantitative estimate of drug-likeness (QED) is 0.618. The Morgan fingerprint density at radius 3 is 2.48 bits per heavy atom. The fourth-order valence-corrected chi connectivity index (χ4v) is 3.61. The Balaban J connectivity index is 1.75. The molecule has 0 amide bonds. The van der Waals surface area contributed by atoms with E-state index >= 15 is 0 Å². The summed E-state index contributed by atoms with van der Waals surface area (Å²) in [5.41, 5.74) is 2.44. The van der Waals surface area contributed by atoms with Crippen LogP contribution in [0.1, 0.15) is 54.2 Å². The summed E-state index contributed by atoms with van der Waals surface area (Å²) >= 11 is 1.60. The van der Waals surface area contributed by atoms with Crippen molar-refractivity contribution in [3.05, 3.63) is 47.2 Å². The zero-order valence-electron chi connectivity index (χ0n) is 14.6. The summed E-state index contributed by atoms with van der Waals surface area (Å²) in [6.07, 6.45) is 2.44. The molecule has 0 saturated carbocycles. The Morgan fingerprint density at radius 1 is 1.20 bits per heavy atom. The Hall–Kier alpha value is -2.08. The minimum atomic E-state index is -0.901. The van der Waals surface area contributed by atoms with Gasteiger partial charge in [-0.2, -0.15) is 0 Å². The van der Waals surface area contributed by atoms with Gasteiger partial charge in [-0.3, -0.25) is 0 Å². The van der Waals surface area contributed by atoms with Crippen LogP contribution in [0.2, 0.25) is 0 Å². The summed E-state index contributed by atoms with van der Waals surface area (Å²) < 4.78 is 0. The number of anilines is 1. The van der Waals surface area contributed by atoms with E-state index in [9.17, 15) is 4.79 Å². The highest BCUT2D eigenvalue weighted by Gasteiger charge is 2.17. The number of aromatic nitrogens is 2. The van der Waals surface area contributed by atoms with Gasteiger partial charge < -0.3 is 10.0 Å². The molecule has 0 bridgehead atoms. The first-order valence-corrected chi connectivity index (χ1v) is 9.60. The van der Waals surface area contributed by atoms with Crippen LogP contribution in [0.3, 0.4) is 0 Å². The van der Waals surface area contributed by atoms with Crippen LogP contribution >= 0.6 is 11.8 Å². The van der Waals surface area contributed by atoms with E-state index in [2.05, 4.69) is 24.8 Å². The molecule has 0 unspecified atom stereocenters. The summed E-state index contributed by atoms with van der Waals surface area (Å²) in [5.74, 6) is 1.21. The van der Waals surface area contributed by atoms with E-state index in [-0.39, 0.29) is 0 Å². The highest BCUT2D eigenvalue weighted by Crippen LogP contribution is 2.27. The number of rotatable bonds is 6. The Morgan fingerprint density at radius 2 is 1.88 bits per heavy atom. The van der Waals surface area contributed by atoms with Crippen molar-refractivity contribution < 1.29 is 9.90 Å². The van der Waals surface area contributed by atoms with Crippen LogP contribution in [-0.4, -0.2) is 34.1 Å². The monoisotopic (exact) mass is 357 g/mol. The molecule has 25 heavy (non-hydrogen) atoms. The summed E-state index contributed by atoms with van der Waals surface area (Å²) in [6, 6.07) is 9.09. The summed E-state index contributed by atoms with van der Waals surface area (Å²) in [4.78, 5) is 22.7. The normalized spacial score (nSPS) is 14.3. The van der Waals surface area contributed by atoms with Crippen LogP contribution in [0, 0.1) is 0 Å². The third-order valence-corrected chi connectivity index (χ3v) is 5.22. The molecule has 1 aromatic heterocycles. The second kappa shape index (κ2) is 7.87. The van der Waals surface area contributed by atoms with Crippen LogP contribution in [0.4, 0.5) is 5.82 Å². The van der Waals surface area contributed by atoms with Crippen molar-refractivity contribution in [2.45, 2.75) is 43.5 Å². The molecule has 0 radical (unpaired) electrons. The fourth-order valence-electron chi connectivity index (χ4n) is 2.79. The van der Waals surface area contributed by atoms with E-state index in [1.54, 1.807) is 23.9 Å². The number of aromatic carboxylic acids is 1. The van der Waals surface area contributed by atoms with E-state index in [0.29, 0.717) is 11.5 Å². The van der Waals surface area contributed by atoms with E-state index in [0.717, 1.165) is 41.1 Å². The topological polar surface area (TPSA) is 66.3 Å². The van der Waals surface area contributed by atoms with E-state index in [4.69, 9.17) is 15.1 Å². The smallest absolute Gasteiger partial charge is 0.335 e. The minimum Gasteiger partial charge on any atom is -0.478 e. The standard InChI is InChI=1S/C19H23N3O2S/c1-13(2)16-11-17(22-9-3-4-10-22)21-19(20-16)25-12-14-5-7-15(8-6-14)18(23)24/h5-8,11,13H,3-4,9-10,12H2,1-2H3,(H,23,24). The van der Waals surface area contributed by atoms with Crippen molar-refractivity contribution in [3.63, 3.8) is 0 Å². The molecule has 6 heteroatoms. The van der Waals surface area contributed by atoms with Gasteiger partial charge in [-0.25, -0.2) is 14.8 Å². The number of carboxylic acids is 1. The van der Waals surface area contributed by atoms with Gasteiger partial charge in [-0.1, -0.05) is 37.7 Å². The zero-order valence-corrected chi connectivity index (χ0v) is 15.4. The molecule has 1 saturated heterocycles.